The number of carbonyl (C=O) groups is 1. The van der Waals surface area contributed by atoms with Gasteiger partial charge in [0.25, 0.3) is 0 Å². The van der Waals surface area contributed by atoms with Crippen LogP contribution in [0.4, 0.5) is 8.78 Å². The van der Waals surface area contributed by atoms with Crippen molar-refractivity contribution in [1.82, 2.24) is 5.32 Å². The number of halogens is 2. The van der Waals surface area contributed by atoms with Gasteiger partial charge in [0, 0.05) is 25.1 Å². The normalized spacial score (nSPS) is 23.9. The molecule has 21 heavy (non-hydrogen) atoms. The van der Waals surface area contributed by atoms with Crippen LogP contribution in [0.5, 0.6) is 0 Å². The van der Waals surface area contributed by atoms with E-state index in [1.807, 2.05) is 0 Å². The number of amides is 1. The topological polar surface area (TPSA) is 38.3 Å². The summed E-state index contributed by atoms with van der Waals surface area (Å²) in [4.78, 5) is 11.9. The van der Waals surface area contributed by atoms with Crippen LogP contribution in [0.15, 0.2) is 18.2 Å². The monoisotopic (exact) mass is 295 g/mol. The lowest BCUT2D eigenvalue weighted by Gasteiger charge is -2.06. The minimum absolute atomic E-state index is 0.0706. The summed E-state index contributed by atoms with van der Waals surface area (Å²) >= 11 is 0. The van der Waals surface area contributed by atoms with E-state index in [9.17, 15) is 13.6 Å². The molecule has 114 valence electrons. The smallest absolute Gasteiger partial charge is 0.223 e. The molecule has 0 radical (unpaired) electrons. The number of benzene rings is 1. The number of hydrogen-bond acceptors (Lipinski definition) is 2. The van der Waals surface area contributed by atoms with Gasteiger partial charge in [0.2, 0.25) is 5.91 Å². The zero-order chi connectivity index (χ0) is 14.8. The third-order valence-electron chi connectivity index (χ3n) is 4.09. The molecule has 0 spiro atoms. The fourth-order valence-corrected chi connectivity index (χ4v) is 2.54. The molecular formula is C16H19F2NO2. The van der Waals surface area contributed by atoms with Gasteiger partial charge in [-0.2, -0.15) is 0 Å². The van der Waals surface area contributed by atoms with Crippen molar-refractivity contribution in [3.05, 3.63) is 35.4 Å². The van der Waals surface area contributed by atoms with Crippen molar-refractivity contribution in [3.63, 3.8) is 0 Å². The average molecular weight is 295 g/mol. The molecule has 2 saturated carbocycles. The summed E-state index contributed by atoms with van der Waals surface area (Å²) in [7, 11) is 0. The molecule has 1 aromatic carbocycles. The second-order valence-electron chi connectivity index (χ2n) is 5.92. The Kier molecular flexibility index (Phi) is 4.19. The highest BCUT2D eigenvalue weighted by Gasteiger charge is 2.45. The van der Waals surface area contributed by atoms with Crippen LogP contribution in [0, 0.1) is 23.5 Å². The van der Waals surface area contributed by atoms with E-state index in [4.69, 9.17) is 4.74 Å². The van der Waals surface area contributed by atoms with E-state index in [0.717, 1.165) is 18.6 Å². The number of nitrogens with one attached hydrogen (secondary N) is 1. The van der Waals surface area contributed by atoms with Crippen molar-refractivity contribution >= 4 is 5.91 Å². The van der Waals surface area contributed by atoms with E-state index in [1.54, 1.807) is 0 Å². The van der Waals surface area contributed by atoms with Crippen molar-refractivity contribution in [1.29, 1.82) is 0 Å². The third-order valence-corrected chi connectivity index (χ3v) is 4.09. The number of carbonyl (C=O) groups excluding carboxylic acids is 1. The van der Waals surface area contributed by atoms with E-state index in [-0.39, 0.29) is 17.7 Å². The van der Waals surface area contributed by atoms with E-state index < -0.39 is 11.6 Å². The van der Waals surface area contributed by atoms with E-state index >= 15 is 0 Å². The number of rotatable bonds is 7. The molecule has 1 amide bonds. The summed E-state index contributed by atoms with van der Waals surface area (Å²) in [5, 5.41) is 2.81. The minimum atomic E-state index is -0.592. The van der Waals surface area contributed by atoms with Crippen molar-refractivity contribution in [2.75, 3.05) is 19.8 Å². The largest absolute Gasteiger partial charge is 0.379 e. The Bertz CT molecular complexity index is 531. The average Bonchev–Trinajstić information content (AvgIpc) is 3.32. The molecule has 2 aliphatic carbocycles. The van der Waals surface area contributed by atoms with Gasteiger partial charge in [-0.15, -0.1) is 0 Å². The maximum atomic E-state index is 13.6. The number of ether oxygens (including phenoxy) is 1. The zero-order valence-corrected chi connectivity index (χ0v) is 11.8. The highest BCUT2D eigenvalue weighted by Crippen LogP contribution is 2.48. The van der Waals surface area contributed by atoms with Gasteiger partial charge in [0.05, 0.1) is 6.61 Å². The van der Waals surface area contributed by atoms with Gasteiger partial charge in [-0.25, -0.2) is 8.78 Å². The summed E-state index contributed by atoms with van der Waals surface area (Å²) in [5.74, 6) is -0.839. The number of hydrogen-bond donors (Lipinski definition) is 1. The molecule has 0 aliphatic heterocycles. The Morgan fingerprint density at radius 2 is 2.14 bits per heavy atom. The molecule has 0 saturated heterocycles. The van der Waals surface area contributed by atoms with Gasteiger partial charge < -0.3 is 10.1 Å². The predicted octanol–water partition coefficient (Wildman–Crippen LogP) is 2.61. The molecule has 0 bridgehead atoms. The molecule has 3 rings (SSSR count). The first-order valence-electron chi connectivity index (χ1n) is 7.45. The van der Waals surface area contributed by atoms with E-state index in [1.165, 1.54) is 25.0 Å². The fourth-order valence-electron chi connectivity index (χ4n) is 2.54. The van der Waals surface area contributed by atoms with E-state index in [0.29, 0.717) is 25.1 Å². The molecule has 0 heterocycles. The van der Waals surface area contributed by atoms with E-state index in [2.05, 4.69) is 5.32 Å². The minimum Gasteiger partial charge on any atom is -0.379 e. The molecule has 3 nitrogen and oxygen atoms in total. The van der Waals surface area contributed by atoms with Crippen molar-refractivity contribution in [2.45, 2.75) is 25.2 Å². The fraction of sp³-hybridized carbons (Fsp3) is 0.562. The molecule has 0 unspecified atom stereocenters. The van der Waals surface area contributed by atoms with Crippen molar-refractivity contribution < 1.29 is 18.3 Å². The van der Waals surface area contributed by atoms with Gasteiger partial charge in [0.1, 0.15) is 11.6 Å². The van der Waals surface area contributed by atoms with Crippen molar-refractivity contribution in [2.24, 2.45) is 11.8 Å². The van der Waals surface area contributed by atoms with Crippen LogP contribution < -0.4 is 5.32 Å². The Balaban J connectivity index is 1.40. The van der Waals surface area contributed by atoms with Crippen LogP contribution in [-0.2, 0) is 9.53 Å². The van der Waals surface area contributed by atoms with Crippen LogP contribution in [0.3, 0.4) is 0 Å². The van der Waals surface area contributed by atoms with Gasteiger partial charge in [-0.05, 0) is 42.7 Å². The summed E-state index contributed by atoms with van der Waals surface area (Å²) in [6, 6.07) is 3.53. The molecule has 1 N–H and O–H groups in total. The Labute approximate surface area is 122 Å². The second-order valence-corrected chi connectivity index (χ2v) is 5.92. The SMILES string of the molecule is O=C(NCCOCC1CC1)[C@H]1C[C@H]1c1ccc(F)cc1F. The quantitative estimate of drug-likeness (QED) is 0.785. The van der Waals surface area contributed by atoms with Gasteiger partial charge >= 0.3 is 0 Å². The summed E-state index contributed by atoms with van der Waals surface area (Å²) in [6.07, 6.45) is 3.12. The summed E-state index contributed by atoms with van der Waals surface area (Å²) in [5.41, 5.74) is 0.432. The lowest BCUT2D eigenvalue weighted by molar-refractivity contribution is -0.122. The Morgan fingerprint density at radius 1 is 1.33 bits per heavy atom. The van der Waals surface area contributed by atoms with Crippen LogP contribution in [0.2, 0.25) is 0 Å². The first-order chi connectivity index (χ1) is 10.1. The molecule has 0 aromatic heterocycles. The molecule has 1 aromatic rings. The lowest BCUT2D eigenvalue weighted by atomic mass is 10.1. The third kappa shape index (κ3) is 3.79. The highest BCUT2D eigenvalue weighted by molar-refractivity contribution is 5.82. The molecule has 2 atom stereocenters. The Hall–Kier alpha value is -1.49. The first-order valence-corrected chi connectivity index (χ1v) is 7.45. The highest BCUT2D eigenvalue weighted by atomic mass is 19.1. The predicted molar refractivity (Wildman–Crippen MR) is 73.8 cm³/mol. The summed E-state index contributed by atoms with van der Waals surface area (Å²) in [6.45, 7) is 1.79. The molecule has 2 aliphatic rings. The standard InChI is InChI=1S/C16H19F2NO2/c17-11-3-4-12(15(18)7-11)13-8-14(13)16(20)19-5-6-21-9-10-1-2-10/h3-4,7,10,13-14H,1-2,5-6,8-9H2,(H,19,20)/t13-,14-/m0/s1. The molecule has 5 heteroatoms. The maximum Gasteiger partial charge on any atom is 0.223 e. The van der Waals surface area contributed by atoms with Gasteiger partial charge in [-0.1, -0.05) is 6.07 Å². The molecule has 2 fully saturated rings. The summed E-state index contributed by atoms with van der Waals surface area (Å²) < 4.78 is 31.9. The maximum absolute atomic E-state index is 13.6. The zero-order valence-electron chi connectivity index (χ0n) is 11.8. The van der Waals surface area contributed by atoms with Gasteiger partial charge in [-0.3, -0.25) is 4.79 Å². The van der Waals surface area contributed by atoms with Crippen LogP contribution in [-0.4, -0.2) is 25.7 Å². The van der Waals surface area contributed by atoms with Crippen LogP contribution in [0.1, 0.15) is 30.7 Å². The van der Waals surface area contributed by atoms with Gasteiger partial charge in [0.15, 0.2) is 0 Å². The first kappa shape index (κ1) is 14.4. The van der Waals surface area contributed by atoms with Crippen molar-refractivity contribution in [3.8, 4) is 0 Å². The second kappa shape index (κ2) is 6.10. The van der Waals surface area contributed by atoms with Crippen LogP contribution in [0.25, 0.3) is 0 Å². The lowest BCUT2D eigenvalue weighted by Crippen LogP contribution is -2.29. The molecular weight excluding hydrogens is 276 g/mol. The van der Waals surface area contributed by atoms with Crippen LogP contribution >= 0.6 is 0 Å². The Morgan fingerprint density at radius 3 is 2.86 bits per heavy atom.